The van der Waals surface area contributed by atoms with Crippen molar-refractivity contribution >= 4 is 23.4 Å². The first kappa shape index (κ1) is 19.7. The summed E-state index contributed by atoms with van der Waals surface area (Å²) >= 11 is 6.60. The van der Waals surface area contributed by atoms with Gasteiger partial charge in [0.05, 0.1) is 22.2 Å². The predicted octanol–water partition coefficient (Wildman–Crippen LogP) is 3.73. The lowest BCUT2D eigenvalue weighted by molar-refractivity contribution is 0.0730. The fraction of sp³-hybridized carbons (Fsp3) is 0.364. The highest BCUT2D eigenvalue weighted by Crippen LogP contribution is 2.41. The van der Waals surface area contributed by atoms with Crippen LogP contribution in [0.5, 0.6) is 5.75 Å². The molecule has 7 heteroatoms. The zero-order valence-corrected chi connectivity index (χ0v) is 17.3. The Morgan fingerprint density at radius 2 is 2.14 bits per heavy atom. The van der Waals surface area contributed by atoms with Crippen LogP contribution < -0.4 is 10.1 Å². The van der Waals surface area contributed by atoms with Crippen LogP contribution >= 0.6 is 11.6 Å². The van der Waals surface area contributed by atoms with E-state index in [-0.39, 0.29) is 23.6 Å². The molecule has 0 unspecified atom stereocenters. The highest BCUT2D eigenvalue weighted by Gasteiger charge is 2.41. The Balaban J connectivity index is 1.72. The molecule has 2 aliphatic rings. The topological polar surface area (TPSA) is 58.6 Å². The molecule has 1 fully saturated rings. The number of rotatable bonds is 3. The number of benzene rings is 2. The molecule has 1 saturated heterocycles. The highest BCUT2D eigenvalue weighted by atomic mass is 35.5. The van der Waals surface area contributed by atoms with Crippen LogP contribution in [0.25, 0.3) is 0 Å². The van der Waals surface area contributed by atoms with Gasteiger partial charge in [-0.05, 0) is 55.2 Å². The van der Waals surface area contributed by atoms with E-state index in [4.69, 9.17) is 16.3 Å². The van der Waals surface area contributed by atoms with Gasteiger partial charge in [0.2, 0.25) is 0 Å². The number of hydrogen-bond acceptors (Lipinski definition) is 3. The predicted molar refractivity (Wildman–Crippen MR) is 108 cm³/mol. The van der Waals surface area contributed by atoms with Crippen LogP contribution in [0.3, 0.4) is 0 Å². The lowest BCUT2D eigenvalue weighted by Crippen LogP contribution is -2.36. The molecular formula is C22H22ClFN2O3. The Labute approximate surface area is 173 Å². The van der Waals surface area contributed by atoms with Gasteiger partial charge >= 0.3 is 0 Å². The van der Waals surface area contributed by atoms with Gasteiger partial charge in [0.25, 0.3) is 11.8 Å². The number of carbonyl (C=O) groups is 2. The molecule has 2 aliphatic heterocycles. The SMILES string of the molecule is CNC(=O)c1ccc(Cc2cc3c(c(Cl)c2C)O[C@@H]2CCN(C3=O)[C@H]2C)cc1F. The average Bonchev–Trinajstić information content (AvgIpc) is 3.02. The first-order chi connectivity index (χ1) is 13.8. The van der Waals surface area contributed by atoms with Crippen molar-refractivity contribution in [2.45, 2.75) is 38.8 Å². The highest BCUT2D eigenvalue weighted by molar-refractivity contribution is 6.33. The largest absolute Gasteiger partial charge is 0.486 e. The normalized spacial score (nSPS) is 20.2. The molecule has 0 radical (unpaired) electrons. The minimum Gasteiger partial charge on any atom is -0.486 e. The van der Waals surface area contributed by atoms with Crippen LogP contribution in [0.15, 0.2) is 24.3 Å². The van der Waals surface area contributed by atoms with Crippen LogP contribution in [-0.4, -0.2) is 42.5 Å². The van der Waals surface area contributed by atoms with Gasteiger partial charge in [-0.2, -0.15) is 0 Å². The summed E-state index contributed by atoms with van der Waals surface area (Å²) in [4.78, 5) is 26.6. The van der Waals surface area contributed by atoms with Crippen molar-refractivity contribution in [3.63, 3.8) is 0 Å². The van der Waals surface area contributed by atoms with Crippen molar-refractivity contribution in [3.8, 4) is 5.75 Å². The van der Waals surface area contributed by atoms with E-state index in [9.17, 15) is 14.0 Å². The van der Waals surface area contributed by atoms with E-state index in [0.29, 0.717) is 34.9 Å². The Kier molecular flexibility index (Phi) is 4.99. The number of carbonyl (C=O) groups excluding carboxylic acids is 2. The van der Waals surface area contributed by atoms with Crippen molar-refractivity contribution in [2.75, 3.05) is 13.6 Å². The monoisotopic (exact) mass is 416 g/mol. The first-order valence-corrected chi connectivity index (χ1v) is 9.99. The molecule has 4 rings (SSSR count). The summed E-state index contributed by atoms with van der Waals surface area (Å²) in [6, 6.07) is 6.32. The van der Waals surface area contributed by atoms with E-state index < -0.39 is 11.7 Å². The van der Waals surface area contributed by atoms with Crippen molar-refractivity contribution in [2.24, 2.45) is 0 Å². The number of halogens is 2. The van der Waals surface area contributed by atoms with Gasteiger partial charge < -0.3 is 15.0 Å². The van der Waals surface area contributed by atoms with E-state index in [0.717, 1.165) is 17.5 Å². The average molecular weight is 417 g/mol. The smallest absolute Gasteiger partial charge is 0.258 e. The van der Waals surface area contributed by atoms with E-state index in [1.165, 1.54) is 19.2 Å². The number of ether oxygens (including phenoxy) is 1. The maximum atomic E-state index is 14.3. The zero-order valence-electron chi connectivity index (χ0n) is 16.5. The van der Waals surface area contributed by atoms with Crippen molar-refractivity contribution in [3.05, 3.63) is 62.9 Å². The van der Waals surface area contributed by atoms with Crippen molar-refractivity contribution in [1.29, 1.82) is 0 Å². The van der Waals surface area contributed by atoms with Crippen LogP contribution in [0.1, 0.15) is 50.8 Å². The number of fused-ring (bicyclic) bond motifs is 3. The third kappa shape index (κ3) is 3.25. The van der Waals surface area contributed by atoms with E-state index in [1.807, 2.05) is 18.7 Å². The molecule has 152 valence electrons. The van der Waals surface area contributed by atoms with Crippen LogP contribution in [0.4, 0.5) is 4.39 Å². The molecule has 2 aromatic rings. The Bertz CT molecular complexity index is 1020. The molecule has 5 nitrogen and oxygen atoms in total. The Morgan fingerprint density at radius 3 is 2.83 bits per heavy atom. The molecule has 0 aliphatic carbocycles. The summed E-state index contributed by atoms with van der Waals surface area (Å²) < 4.78 is 20.5. The standard InChI is InChI=1S/C22H22ClFN2O3/c1-11-14(8-13-4-5-15(17(24)9-13)21(27)25-3)10-16-20(19(11)23)29-18-6-7-26(12(18)2)22(16)28/h4-5,9-10,12,18H,6-8H2,1-3H3,(H,25,27)/t12-,18+/m0/s1. The summed E-state index contributed by atoms with van der Waals surface area (Å²) in [6.07, 6.45) is 1.12. The fourth-order valence-corrected chi connectivity index (χ4v) is 4.37. The molecule has 2 atom stereocenters. The summed E-state index contributed by atoms with van der Waals surface area (Å²) in [5.74, 6) is -0.703. The van der Waals surface area contributed by atoms with Gasteiger partial charge in [0, 0.05) is 20.0 Å². The maximum Gasteiger partial charge on any atom is 0.258 e. The molecule has 2 heterocycles. The summed E-state index contributed by atoms with van der Waals surface area (Å²) in [6.45, 7) is 4.52. The van der Waals surface area contributed by atoms with Crippen LogP contribution in [0.2, 0.25) is 5.02 Å². The maximum absolute atomic E-state index is 14.3. The molecule has 2 aromatic carbocycles. The number of nitrogens with one attached hydrogen (secondary N) is 1. The number of amides is 2. The second-order valence-corrected chi connectivity index (χ2v) is 7.98. The van der Waals surface area contributed by atoms with E-state index in [1.54, 1.807) is 12.1 Å². The minimum absolute atomic E-state index is 0.000995. The van der Waals surface area contributed by atoms with Crippen molar-refractivity contribution in [1.82, 2.24) is 10.2 Å². The van der Waals surface area contributed by atoms with Crippen LogP contribution in [-0.2, 0) is 6.42 Å². The minimum atomic E-state index is -0.586. The van der Waals surface area contributed by atoms with Crippen molar-refractivity contribution < 1.29 is 18.7 Å². The molecule has 0 spiro atoms. The van der Waals surface area contributed by atoms with Gasteiger partial charge in [-0.25, -0.2) is 4.39 Å². The molecular weight excluding hydrogens is 395 g/mol. The molecule has 1 N–H and O–H groups in total. The van der Waals surface area contributed by atoms with Gasteiger partial charge in [0.1, 0.15) is 11.9 Å². The van der Waals surface area contributed by atoms with Gasteiger partial charge in [-0.3, -0.25) is 9.59 Å². The number of nitrogens with zero attached hydrogens (tertiary/aromatic N) is 1. The quantitative estimate of drug-likeness (QED) is 0.829. The second kappa shape index (κ2) is 7.34. The third-order valence-electron chi connectivity index (χ3n) is 5.92. The molecule has 2 bridgehead atoms. The fourth-order valence-electron chi connectivity index (χ4n) is 4.10. The Hall–Kier alpha value is -2.60. The summed E-state index contributed by atoms with van der Waals surface area (Å²) in [5.41, 5.74) is 2.76. The second-order valence-electron chi connectivity index (χ2n) is 7.61. The molecule has 2 amide bonds. The van der Waals surface area contributed by atoms with Gasteiger partial charge in [-0.1, -0.05) is 17.7 Å². The van der Waals surface area contributed by atoms with Gasteiger partial charge in [0.15, 0.2) is 5.75 Å². The van der Waals surface area contributed by atoms with Crippen LogP contribution in [0, 0.1) is 12.7 Å². The number of hydrogen-bond donors (Lipinski definition) is 1. The molecule has 29 heavy (non-hydrogen) atoms. The summed E-state index contributed by atoms with van der Waals surface area (Å²) in [7, 11) is 1.46. The molecule has 0 aromatic heterocycles. The summed E-state index contributed by atoms with van der Waals surface area (Å²) in [5, 5.41) is 2.84. The first-order valence-electron chi connectivity index (χ1n) is 9.62. The van der Waals surface area contributed by atoms with Gasteiger partial charge in [-0.15, -0.1) is 0 Å². The molecule has 0 saturated carbocycles. The van der Waals surface area contributed by atoms with E-state index >= 15 is 0 Å². The lowest BCUT2D eigenvalue weighted by atomic mass is 9.96. The van der Waals surface area contributed by atoms with E-state index in [2.05, 4.69) is 5.32 Å². The lowest BCUT2D eigenvalue weighted by Gasteiger charge is -2.20. The zero-order chi connectivity index (χ0) is 20.9. The third-order valence-corrected chi connectivity index (χ3v) is 6.37. The Morgan fingerprint density at radius 1 is 1.38 bits per heavy atom.